The maximum atomic E-state index is 13.0. The molecule has 0 radical (unpaired) electrons. The number of ketones is 1. The number of allylic oxidation sites excluding steroid dienone is 3. The number of fused-ring (bicyclic) bond motifs is 1. The molecule has 0 N–H and O–H groups in total. The SMILES string of the molecule is CCC1=C(CC(=O)c2ccc(C(F)(F)F)cc2)N=C2C(=CC1)N(C)C(=O)C(CC)N2C(C)C. The van der Waals surface area contributed by atoms with Crippen molar-refractivity contribution < 1.29 is 22.8 Å². The number of aliphatic imine (C=N–C) groups is 1. The Labute approximate surface area is 192 Å². The van der Waals surface area contributed by atoms with Gasteiger partial charge in [0.25, 0.3) is 0 Å². The van der Waals surface area contributed by atoms with Gasteiger partial charge in [-0.3, -0.25) is 9.59 Å². The van der Waals surface area contributed by atoms with Crippen molar-refractivity contribution in [3.05, 3.63) is 58.4 Å². The van der Waals surface area contributed by atoms with E-state index in [2.05, 4.69) is 0 Å². The van der Waals surface area contributed by atoms with Gasteiger partial charge in [0, 0.05) is 18.7 Å². The Morgan fingerprint density at radius 3 is 2.33 bits per heavy atom. The summed E-state index contributed by atoms with van der Waals surface area (Å²) in [5.41, 5.74) is 1.74. The molecule has 178 valence electrons. The Kier molecular flexibility index (Phi) is 7.14. The molecule has 0 aromatic heterocycles. The second-order valence-corrected chi connectivity index (χ2v) is 8.63. The highest BCUT2D eigenvalue weighted by Crippen LogP contribution is 2.33. The molecule has 1 amide bonds. The van der Waals surface area contributed by atoms with Crippen LogP contribution in [0.2, 0.25) is 0 Å². The maximum Gasteiger partial charge on any atom is 0.416 e. The molecule has 0 spiro atoms. The molecule has 1 aromatic rings. The number of amidine groups is 1. The van der Waals surface area contributed by atoms with Crippen molar-refractivity contribution in [1.29, 1.82) is 0 Å². The lowest BCUT2D eigenvalue weighted by molar-refractivity contribution is -0.137. The van der Waals surface area contributed by atoms with Gasteiger partial charge in [0.15, 0.2) is 11.6 Å². The van der Waals surface area contributed by atoms with Gasteiger partial charge in [-0.1, -0.05) is 32.1 Å². The van der Waals surface area contributed by atoms with Gasteiger partial charge in [-0.25, -0.2) is 4.99 Å². The molecule has 0 saturated carbocycles. The number of hydrogen-bond donors (Lipinski definition) is 0. The number of hydrogen-bond acceptors (Lipinski definition) is 4. The first-order chi connectivity index (χ1) is 15.5. The molecule has 3 rings (SSSR count). The number of carbonyl (C=O) groups excluding carboxylic acids is 2. The van der Waals surface area contributed by atoms with Crippen LogP contribution in [-0.4, -0.2) is 46.5 Å². The highest BCUT2D eigenvalue weighted by Gasteiger charge is 2.40. The number of rotatable bonds is 6. The molecular weight excluding hydrogens is 431 g/mol. The molecule has 8 heteroatoms. The monoisotopic (exact) mass is 461 g/mol. The van der Waals surface area contributed by atoms with Crippen molar-refractivity contribution in [3.63, 3.8) is 0 Å². The Morgan fingerprint density at radius 2 is 1.82 bits per heavy atom. The van der Waals surface area contributed by atoms with E-state index in [0.29, 0.717) is 30.8 Å². The van der Waals surface area contributed by atoms with Crippen LogP contribution in [0.1, 0.15) is 69.3 Å². The van der Waals surface area contributed by atoms with Crippen LogP contribution in [-0.2, 0) is 11.0 Å². The Hall–Kier alpha value is -2.90. The number of benzene rings is 1. The predicted octanol–water partition coefficient (Wildman–Crippen LogP) is 5.59. The Morgan fingerprint density at radius 1 is 1.18 bits per heavy atom. The normalized spacial score (nSPS) is 19.4. The second kappa shape index (κ2) is 9.53. The minimum Gasteiger partial charge on any atom is -0.340 e. The van der Waals surface area contributed by atoms with E-state index in [0.717, 1.165) is 23.4 Å². The van der Waals surface area contributed by atoms with E-state index >= 15 is 0 Å². The third-order valence-corrected chi connectivity index (χ3v) is 6.21. The maximum absolute atomic E-state index is 13.0. The smallest absolute Gasteiger partial charge is 0.340 e. The molecule has 2 aliphatic heterocycles. The third-order valence-electron chi connectivity index (χ3n) is 6.21. The summed E-state index contributed by atoms with van der Waals surface area (Å²) in [6, 6.07) is 3.95. The van der Waals surface area contributed by atoms with E-state index in [9.17, 15) is 22.8 Å². The topological polar surface area (TPSA) is 53.0 Å². The van der Waals surface area contributed by atoms with Crippen LogP contribution >= 0.6 is 0 Å². The van der Waals surface area contributed by atoms with E-state index in [1.54, 1.807) is 11.9 Å². The first-order valence-electron chi connectivity index (χ1n) is 11.3. The minimum atomic E-state index is -4.45. The summed E-state index contributed by atoms with van der Waals surface area (Å²) in [6.45, 7) is 7.95. The molecule has 2 aliphatic rings. The quantitative estimate of drug-likeness (QED) is 0.519. The lowest BCUT2D eigenvalue weighted by atomic mass is 10.00. The van der Waals surface area contributed by atoms with Crippen molar-refractivity contribution in [3.8, 4) is 0 Å². The standard InChI is InChI=1S/C25H30F3N3O2/c1-6-16-10-13-21-23(31(15(3)4)20(7-2)24(33)30(21)5)29-19(16)14-22(32)17-8-11-18(12-9-17)25(26,27)28/h8-9,11-13,15,20H,6-7,10,14H2,1-5H3. The number of piperazine rings is 1. The molecule has 2 heterocycles. The fraction of sp³-hybridized carbons (Fsp3) is 0.480. The van der Waals surface area contributed by atoms with Gasteiger partial charge < -0.3 is 9.80 Å². The van der Waals surface area contributed by atoms with Crippen molar-refractivity contribution in [2.45, 2.75) is 71.6 Å². The number of Topliss-reactive ketones (excluding diaryl/α,β-unsaturated/α-hetero) is 1. The minimum absolute atomic E-state index is 0.0127. The summed E-state index contributed by atoms with van der Waals surface area (Å²) in [4.78, 5) is 34.5. The predicted molar refractivity (Wildman–Crippen MR) is 122 cm³/mol. The van der Waals surface area contributed by atoms with Gasteiger partial charge in [0.1, 0.15) is 6.04 Å². The van der Waals surface area contributed by atoms with E-state index in [1.807, 2.05) is 38.7 Å². The summed E-state index contributed by atoms with van der Waals surface area (Å²) in [6.07, 6.45) is -0.638. The van der Waals surface area contributed by atoms with Crippen LogP contribution in [0.25, 0.3) is 0 Å². The first kappa shape index (κ1) is 24.7. The molecule has 1 aromatic carbocycles. The molecule has 1 saturated heterocycles. The van der Waals surface area contributed by atoms with Crippen LogP contribution in [0.15, 0.2) is 52.3 Å². The zero-order valence-electron chi connectivity index (χ0n) is 19.7. The van der Waals surface area contributed by atoms with Crippen LogP contribution in [0.5, 0.6) is 0 Å². The zero-order chi connectivity index (χ0) is 24.5. The lowest BCUT2D eigenvalue weighted by Crippen LogP contribution is -2.59. The lowest BCUT2D eigenvalue weighted by Gasteiger charge is -2.44. The molecule has 33 heavy (non-hydrogen) atoms. The summed E-state index contributed by atoms with van der Waals surface area (Å²) in [7, 11) is 1.74. The number of likely N-dealkylation sites (N-methyl/N-ethyl adjacent to an activating group) is 1. The largest absolute Gasteiger partial charge is 0.416 e. The summed E-state index contributed by atoms with van der Waals surface area (Å²) >= 11 is 0. The second-order valence-electron chi connectivity index (χ2n) is 8.63. The van der Waals surface area contributed by atoms with Gasteiger partial charge in [-0.2, -0.15) is 13.2 Å². The van der Waals surface area contributed by atoms with E-state index in [-0.39, 0.29) is 35.8 Å². The van der Waals surface area contributed by atoms with Crippen molar-refractivity contribution in [2.75, 3.05) is 7.05 Å². The summed E-state index contributed by atoms with van der Waals surface area (Å²) in [5, 5.41) is 0. The summed E-state index contributed by atoms with van der Waals surface area (Å²) < 4.78 is 38.6. The van der Waals surface area contributed by atoms with Crippen LogP contribution < -0.4 is 0 Å². The third kappa shape index (κ3) is 4.89. The Balaban J connectivity index is 1.99. The van der Waals surface area contributed by atoms with Crippen LogP contribution in [0.4, 0.5) is 13.2 Å². The first-order valence-corrected chi connectivity index (χ1v) is 11.3. The number of alkyl halides is 3. The molecule has 5 nitrogen and oxygen atoms in total. The highest BCUT2D eigenvalue weighted by molar-refractivity contribution is 6.08. The van der Waals surface area contributed by atoms with Gasteiger partial charge in [0.05, 0.1) is 23.4 Å². The van der Waals surface area contributed by atoms with E-state index < -0.39 is 11.7 Å². The number of halogens is 3. The van der Waals surface area contributed by atoms with Gasteiger partial charge in [-0.05, 0) is 50.8 Å². The van der Waals surface area contributed by atoms with Gasteiger partial charge >= 0.3 is 6.18 Å². The van der Waals surface area contributed by atoms with Crippen molar-refractivity contribution in [2.24, 2.45) is 4.99 Å². The fourth-order valence-electron chi connectivity index (χ4n) is 4.37. The number of carbonyl (C=O) groups is 2. The average molecular weight is 462 g/mol. The summed E-state index contributed by atoms with van der Waals surface area (Å²) in [5.74, 6) is 0.386. The molecule has 1 fully saturated rings. The molecule has 1 unspecified atom stereocenters. The van der Waals surface area contributed by atoms with Crippen molar-refractivity contribution in [1.82, 2.24) is 9.80 Å². The van der Waals surface area contributed by atoms with E-state index in [1.165, 1.54) is 12.1 Å². The number of nitrogens with zero attached hydrogens (tertiary/aromatic N) is 3. The van der Waals surface area contributed by atoms with Gasteiger partial charge in [-0.15, -0.1) is 0 Å². The van der Waals surface area contributed by atoms with Gasteiger partial charge in [0.2, 0.25) is 5.91 Å². The van der Waals surface area contributed by atoms with Crippen LogP contribution in [0, 0.1) is 0 Å². The Bertz CT molecular complexity index is 1020. The molecule has 0 aliphatic carbocycles. The molecular formula is C25H30F3N3O2. The zero-order valence-corrected chi connectivity index (χ0v) is 19.7. The van der Waals surface area contributed by atoms with E-state index in [4.69, 9.17) is 4.99 Å². The average Bonchev–Trinajstić information content (AvgIpc) is 2.94. The van der Waals surface area contributed by atoms with Crippen LogP contribution in [0.3, 0.4) is 0 Å². The van der Waals surface area contributed by atoms with Crippen molar-refractivity contribution >= 4 is 17.5 Å². The highest BCUT2D eigenvalue weighted by atomic mass is 19.4. The number of amides is 1. The fourth-order valence-corrected chi connectivity index (χ4v) is 4.37. The molecule has 0 bridgehead atoms. The molecule has 1 atom stereocenters.